The number of aliphatic hydroxyl groups excluding tert-OH is 1. The Morgan fingerprint density at radius 3 is 2.67 bits per heavy atom. The average Bonchev–Trinajstić information content (AvgIpc) is 2.18. The van der Waals surface area contributed by atoms with Crippen LogP contribution in [0.1, 0.15) is 25.7 Å². The molecule has 0 aromatic rings. The third kappa shape index (κ3) is 1.66. The van der Waals surface area contributed by atoms with Crippen molar-refractivity contribution in [2.75, 3.05) is 6.54 Å². The van der Waals surface area contributed by atoms with Crippen LogP contribution in [0.2, 0.25) is 0 Å². The van der Waals surface area contributed by atoms with Gasteiger partial charge in [-0.1, -0.05) is 6.42 Å². The molecule has 0 radical (unpaired) electrons. The summed E-state index contributed by atoms with van der Waals surface area (Å²) < 4.78 is 0. The molecule has 2 heteroatoms. The van der Waals surface area contributed by atoms with Crippen LogP contribution in [0.4, 0.5) is 0 Å². The molecule has 0 saturated heterocycles. The molecule has 0 bridgehead atoms. The fourth-order valence-corrected chi connectivity index (χ4v) is 1.57. The predicted octanol–water partition coefficient (Wildman–Crippen LogP) is 0.496. The third-order valence-corrected chi connectivity index (χ3v) is 2.16. The van der Waals surface area contributed by atoms with Crippen molar-refractivity contribution in [1.29, 1.82) is 0 Å². The molecular weight excluding hydrogens is 114 g/mol. The largest absolute Gasteiger partial charge is 0.393 e. The second-order valence-corrected chi connectivity index (χ2v) is 2.84. The van der Waals surface area contributed by atoms with E-state index in [4.69, 9.17) is 5.73 Å². The SMILES string of the molecule is NCC[C@H]1CCC[C@@H]1O. The van der Waals surface area contributed by atoms with Gasteiger partial charge in [-0.2, -0.15) is 0 Å². The maximum atomic E-state index is 9.26. The van der Waals surface area contributed by atoms with Gasteiger partial charge in [-0.3, -0.25) is 0 Å². The summed E-state index contributed by atoms with van der Waals surface area (Å²) in [5.74, 6) is 0.509. The van der Waals surface area contributed by atoms with Crippen LogP contribution in [0.5, 0.6) is 0 Å². The molecule has 0 heterocycles. The van der Waals surface area contributed by atoms with Crippen molar-refractivity contribution in [3.8, 4) is 0 Å². The Morgan fingerprint density at radius 2 is 2.22 bits per heavy atom. The molecule has 3 N–H and O–H groups in total. The fourth-order valence-electron chi connectivity index (χ4n) is 1.57. The molecule has 54 valence electrons. The maximum absolute atomic E-state index is 9.26. The lowest BCUT2D eigenvalue weighted by Gasteiger charge is -2.11. The molecule has 0 amide bonds. The van der Waals surface area contributed by atoms with E-state index in [1.807, 2.05) is 0 Å². The molecular formula is C7H15NO. The Kier molecular flexibility index (Phi) is 2.49. The molecule has 1 aliphatic carbocycles. The van der Waals surface area contributed by atoms with Crippen molar-refractivity contribution in [1.82, 2.24) is 0 Å². The number of aliphatic hydroxyl groups is 1. The van der Waals surface area contributed by atoms with Crippen molar-refractivity contribution in [3.05, 3.63) is 0 Å². The van der Waals surface area contributed by atoms with Gasteiger partial charge in [0.2, 0.25) is 0 Å². The minimum Gasteiger partial charge on any atom is -0.393 e. The smallest absolute Gasteiger partial charge is 0.0568 e. The lowest BCUT2D eigenvalue weighted by atomic mass is 10.0. The zero-order valence-electron chi connectivity index (χ0n) is 5.71. The zero-order valence-corrected chi connectivity index (χ0v) is 5.71. The Bertz CT molecular complexity index is 85.0. The summed E-state index contributed by atoms with van der Waals surface area (Å²) in [4.78, 5) is 0. The van der Waals surface area contributed by atoms with E-state index in [9.17, 15) is 5.11 Å². The van der Waals surface area contributed by atoms with Crippen LogP contribution in [0.3, 0.4) is 0 Å². The second-order valence-electron chi connectivity index (χ2n) is 2.84. The molecule has 1 aliphatic rings. The van der Waals surface area contributed by atoms with Crippen molar-refractivity contribution in [3.63, 3.8) is 0 Å². The molecule has 1 rings (SSSR count). The van der Waals surface area contributed by atoms with E-state index in [0.717, 1.165) is 19.4 Å². The van der Waals surface area contributed by atoms with Crippen LogP contribution in [-0.4, -0.2) is 17.8 Å². The van der Waals surface area contributed by atoms with E-state index in [1.165, 1.54) is 12.8 Å². The summed E-state index contributed by atoms with van der Waals surface area (Å²) in [6, 6.07) is 0. The van der Waals surface area contributed by atoms with E-state index in [0.29, 0.717) is 5.92 Å². The molecule has 1 saturated carbocycles. The fraction of sp³-hybridized carbons (Fsp3) is 1.00. The Morgan fingerprint density at radius 1 is 1.44 bits per heavy atom. The molecule has 9 heavy (non-hydrogen) atoms. The Hall–Kier alpha value is -0.0800. The first-order chi connectivity index (χ1) is 4.34. The number of rotatable bonds is 2. The molecule has 2 atom stereocenters. The molecule has 0 spiro atoms. The Balaban J connectivity index is 2.22. The highest BCUT2D eigenvalue weighted by atomic mass is 16.3. The van der Waals surface area contributed by atoms with Crippen molar-refractivity contribution >= 4 is 0 Å². The zero-order chi connectivity index (χ0) is 6.69. The Labute approximate surface area is 56.1 Å². The summed E-state index contributed by atoms with van der Waals surface area (Å²) in [7, 11) is 0. The third-order valence-electron chi connectivity index (χ3n) is 2.16. The molecule has 0 unspecified atom stereocenters. The monoisotopic (exact) mass is 129 g/mol. The minimum absolute atomic E-state index is 0.0476. The van der Waals surface area contributed by atoms with Gasteiger partial charge in [0.1, 0.15) is 0 Å². The van der Waals surface area contributed by atoms with Crippen molar-refractivity contribution < 1.29 is 5.11 Å². The van der Waals surface area contributed by atoms with Gasteiger partial charge in [-0.05, 0) is 31.7 Å². The second kappa shape index (κ2) is 3.18. The number of hydrogen-bond acceptors (Lipinski definition) is 2. The predicted molar refractivity (Wildman–Crippen MR) is 37.0 cm³/mol. The number of nitrogens with two attached hydrogens (primary N) is 1. The van der Waals surface area contributed by atoms with Crippen LogP contribution in [0, 0.1) is 5.92 Å². The molecule has 2 nitrogen and oxygen atoms in total. The van der Waals surface area contributed by atoms with Gasteiger partial charge in [0, 0.05) is 0 Å². The normalized spacial score (nSPS) is 35.3. The molecule has 0 aromatic carbocycles. The van der Waals surface area contributed by atoms with Crippen LogP contribution >= 0.6 is 0 Å². The summed E-state index contributed by atoms with van der Waals surface area (Å²) >= 11 is 0. The van der Waals surface area contributed by atoms with Gasteiger partial charge in [0.25, 0.3) is 0 Å². The summed E-state index contributed by atoms with van der Waals surface area (Å²) in [6.45, 7) is 0.724. The summed E-state index contributed by atoms with van der Waals surface area (Å²) in [6.07, 6.45) is 4.31. The summed E-state index contributed by atoms with van der Waals surface area (Å²) in [5, 5.41) is 9.26. The molecule has 1 fully saturated rings. The topological polar surface area (TPSA) is 46.2 Å². The van der Waals surface area contributed by atoms with Gasteiger partial charge in [-0.25, -0.2) is 0 Å². The van der Waals surface area contributed by atoms with E-state index in [2.05, 4.69) is 0 Å². The van der Waals surface area contributed by atoms with Gasteiger partial charge in [0.15, 0.2) is 0 Å². The van der Waals surface area contributed by atoms with Crippen LogP contribution in [0.15, 0.2) is 0 Å². The van der Waals surface area contributed by atoms with Crippen molar-refractivity contribution in [2.45, 2.75) is 31.8 Å². The lowest BCUT2D eigenvalue weighted by Crippen LogP contribution is -2.16. The highest BCUT2D eigenvalue weighted by Gasteiger charge is 2.23. The first kappa shape index (κ1) is 7.03. The molecule has 0 aromatic heterocycles. The van der Waals surface area contributed by atoms with Crippen LogP contribution < -0.4 is 5.73 Å². The highest BCUT2D eigenvalue weighted by Crippen LogP contribution is 2.27. The highest BCUT2D eigenvalue weighted by molar-refractivity contribution is 4.76. The standard InChI is InChI=1S/C7H15NO/c8-5-4-6-2-1-3-7(6)9/h6-7,9H,1-5,8H2/t6-,7+/m1/s1. The van der Waals surface area contributed by atoms with Crippen LogP contribution in [-0.2, 0) is 0 Å². The first-order valence-corrected chi connectivity index (χ1v) is 3.72. The van der Waals surface area contributed by atoms with E-state index in [-0.39, 0.29) is 6.10 Å². The van der Waals surface area contributed by atoms with Gasteiger partial charge < -0.3 is 10.8 Å². The first-order valence-electron chi connectivity index (χ1n) is 3.72. The summed E-state index contributed by atoms with van der Waals surface area (Å²) in [5.41, 5.74) is 5.36. The van der Waals surface area contributed by atoms with Gasteiger partial charge in [-0.15, -0.1) is 0 Å². The number of hydrogen-bond donors (Lipinski definition) is 2. The quantitative estimate of drug-likeness (QED) is 0.570. The van der Waals surface area contributed by atoms with E-state index in [1.54, 1.807) is 0 Å². The van der Waals surface area contributed by atoms with Gasteiger partial charge >= 0.3 is 0 Å². The maximum Gasteiger partial charge on any atom is 0.0568 e. The lowest BCUT2D eigenvalue weighted by molar-refractivity contribution is 0.129. The molecule has 0 aliphatic heterocycles. The van der Waals surface area contributed by atoms with E-state index >= 15 is 0 Å². The van der Waals surface area contributed by atoms with Crippen LogP contribution in [0.25, 0.3) is 0 Å². The van der Waals surface area contributed by atoms with Crippen molar-refractivity contribution in [2.24, 2.45) is 11.7 Å². The average molecular weight is 129 g/mol. The minimum atomic E-state index is -0.0476. The van der Waals surface area contributed by atoms with E-state index < -0.39 is 0 Å². The van der Waals surface area contributed by atoms with Gasteiger partial charge in [0.05, 0.1) is 6.10 Å².